The van der Waals surface area contributed by atoms with Crippen molar-refractivity contribution in [3.05, 3.63) is 66.1 Å². The largest absolute Gasteiger partial charge is 0.143 e. The molecule has 0 atom stereocenters. The molecule has 0 spiro atoms. The topological polar surface area (TPSA) is 0 Å². The van der Waals surface area contributed by atoms with Crippen LogP contribution in [-0.4, -0.2) is 0 Å². The van der Waals surface area contributed by atoms with Crippen molar-refractivity contribution in [2.24, 2.45) is 0 Å². The third kappa shape index (κ3) is 2.05. The lowest BCUT2D eigenvalue weighted by Gasteiger charge is -2.02. The Hall–Kier alpha value is -1.64. The minimum Gasteiger partial charge on any atom is -0.143 e. The highest BCUT2D eigenvalue weighted by Gasteiger charge is 2.07. The molecule has 0 aliphatic carbocycles. The van der Waals surface area contributed by atoms with Gasteiger partial charge in [0.15, 0.2) is 0 Å². The van der Waals surface area contributed by atoms with E-state index in [9.17, 15) is 0 Å². The first-order chi connectivity index (χ1) is 8.88. The molecule has 0 aliphatic rings. The van der Waals surface area contributed by atoms with E-state index in [-0.39, 0.29) is 0 Å². The van der Waals surface area contributed by atoms with Crippen LogP contribution in [0, 0.1) is 0 Å². The summed E-state index contributed by atoms with van der Waals surface area (Å²) in [5.74, 6) is 0. The van der Waals surface area contributed by atoms with Crippen LogP contribution in [0.1, 0.15) is 5.56 Å². The first-order valence-corrected chi connectivity index (χ1v) is 7.43. The third-order valence-electron chi connectivity index (χ3n) is 2.82. The van der Waals surface area contributed by atoms with E-state index in [1.165, 1.54) is 25.8 Å². The Balaban J connectivity index is 2.06. The molecule has 0 nitrogen and oxygen atoms in total. The number of hydrogen-bond acceptors (Lipinski definition) is 2. The van der Waals surface area contributed by atoms with Crippen molar-refractivity contribution in [2.75, 3.05) is 0 Å². The van der Waals surface area contributed by atoms with Crippen molar-refractivity contribution in [2.45, 2.75) is 0 Å². The molecule has 2 heteroatoms. The summed E-state index contributed by atoms with van der Waals surface area (Å²) in [7, 11) is 0. The minimum absolute atomic E-state index is 1.19. The average Bonchev–Trinajstić information content (AvgIpc) is 3.09. The van der Waals surface area contributed by atoms with E-state index in [0.717, 1.165) is 0 Å². The van der Waals surface area contributed by atoms with Gasteiger partial charge in [0.1, 0.15) is 0 Å². The first kappa shape index (κ1) is 11.5. The van der Waals surface area contributed by atoms with Gasteiger partial charge in [-0.3, -0.25) is 0 Å². The summed E-state index contributed by atoms with van der Waals surface area (Å²) in [5.41, 5.74) is 2.46. The summed E-state index contributed by atoms with van der Waals surface area (Å²) in [6.07, 6.45) is 1.92. The molecule has 2 heterocycles. The molecule has 3 aromatic rings. The van der Waals surface area contributed by atoms with Crippen LogP contribution in [0.5, 0.6) is 0 Å². The van der Waals surface area contributed by atoms with Gasteiger partial charge in [-0.2, -0.15) is 0 Å². The zero-order valence-electron chi connectivity index (χ0n) is 9.80. The molecule has 88 valence electrons. The van der Waals surface area contributed by atoms with Crippen molar-refractivity contribution in [1.29, 1.82) is 0 Å². The molecule has 0 saturated heterocycles. The smallest absolute Gasteiger partial charge is 0.0449 e. The van der Waals surface area contributed by atoms with Crippen LogP contribution in [-0.2, 0) is 0 Å². The zero-order valence-corrected chi connectivity index (χ0v) is 11.4. The molecule has 0 unspecified atom stereocenters. The standard InChI is InChI=1S/C16H12S2/c1-2-12-6-3-4-7-13(12)14-9-10-16(18-14)15-8-5-11-17-15/h2-11H,1H2. The molecule has 0 N–H and O–H groups in total. The van der Waals surface area contributed by atoms with Crippen LogP contribution in [0.3, 0.4) is 0 Å². The van der Waals surface area contributed by atoms with Crippen LogP contribution in [0.25, 0.3) is 26.3 Å². The highest BCUT2D eigenvalue weighted by molar-refractivity contribution is 7.23. The van der Waals surface area contributed by atoms with E-state index < -0.39 is 0 Å². The maximum Gasteiger partial charge on any atom is 0.0449 e. The Morgan fingerprint density at radius 1 is 0.833 bits per heavy atom. The van der Waals surface area contributed by atoms with Gasteiger partial charge < -0.3 is 0 Å². The maximum atomic E-state index is 3.88. The SMILES string of the molecule is C=Cc1ccccc1-c1ccc(-c2cccs2)s1. The van der Waals surface area contributed by atoms with Gasteiger partial charge in [-0.15, -0.1) is 22.7 Å². The molecule has 3 rings (SSSR count). The van der Waals surface area contributed by atoms with E-state index >= 15 is 0 Å². The summed E-state index contributed by atoms with van der Waals surface area (Å²) in [6.45, 7) is 3.88. The highest BCUT2D eigenvalue weighted by atomic mass is 32.1. The molecule has 0 aliphatic heterocycles. The van der Waals surface area contributed by atoms with Gasteiger partial charge >= 0.3 is 0 Å². The van der Waals surface area contributed by atoms with Gasteiger partial charge in [-0.1, -0.05) is 43.0 Å². The van der Waals surface area contributed by atoms with E-state index in [2.05, 4.69) is 54.4 Å². The van der Waals surface area contributed by atoms with Gasteiger partial charge in [-0.05, 0) is 34.7 Å². The Morgan fingerprint density at radius 2 is 1.67 bits per heavy atom. The second-order valence-electron chi connectivity index (χ2n) is 3.93. The fraction of sp³-hybridized carbons (Fsp3) is 0. The predicted molar refractivity (Wildman–Crippen MR) is 83.2 cm³/mol. The fourth-order valence-electron chi connectivity index (χ4n) is 1.93. The van der Waals surface area contributed by atoms with E-state index in [4.69, 9.17) is 0 Å². The molecule has 0 amide bonds. The lowest BCUT2D eigenvalue weighted by Crippen LogP contribution is -1.77. The van der Waals surface area contributed by atoms with E-state index in [0.29, 0.717) is 0 Å². The molecular weight excluding hydrogens is 256 g/mol. The first-order valence-electron chi connectivity index (χ1n) is 5.74. The van der Waals surface area contributed by atoms with Gasteiger partial charge in [0.2, 0.25) is 0 Å². The molecular formula is C16H12S2. The van der Waals surface area contributed by atoms with Crippen molar-refractivity contribution in [3.8, 4) is 20.2 Å². The average molecular weight is 268 g/mol. The normalized spacial score (nSPS) is 10.4. The van der Waals surface area contributed by atoms with Gasteiger partial charge in [0.25, 0.3) is 0 Å². The number of rotatable bonds is 3. The third-order valence-corrected chi connectivity index (χ3v) is 5.00. The monoisotopic (exact) mass is 268 g/mol. The van der Waals surface area contributed by atoms with Crippen molar-refractivity contribution in [1.82, 2.24) is 0 Å². The number of hydrogen-bond donors (Lipinski definition) is 0. The predicted octanol–water partition coefficient (Wildman–Crippen LogP) is 5.79. The zero-order chi connectivity index (χ0) is 12.4. The molecule has 18 heavy (non-hydrogen) atoms. The van der Waals surface area contributed by atoms with Crippen LogP contribution < -0.4 is 0 Å². The lowest BCUT2D eigenvalue weighted by molar-refractivity contribution is 1.65. The van der Waals surface area contributed by atoms with Crippen molar-refractivity contribution >= 4 is 28.7 Å². The van der Waals surface area contributed by atoms with Crippen LogP contribution in [0.2, 0.25) is 0 Å². The summed E-state index contributed by atoms with van der Waals surface area (Å²) >= 11 is 3.62. The highest BCUT2D eigenvalue weighted by Crippen LogP contribution is 2.37. The Morgan fingerprint density at radius 3 is 2.44 bits per heavy atom. The van der Waals surface area contributed by atoms with Gasteiger partial charge in [-0.25, -0.2) is 0 Å². The molecule has 0 radical (unpaired) electrons. The minimum atomic E-state index is 1.19. The maximum absolute atomic E-state index is 3.88. The molecule has 0 bridgehead atoms. The second-order valence-corrected chi connectivity index (χ2v) is 5.96. The fourth-order valence-corrected chi connectivity index (χ4v) is 3.82. The van der Waals surface area contributed by atoms with E-state index in [1.54, 1.807) is 11.3 Å². The molecule has 2 aromatic heterocycles. The summed E-state index contributed by atoms with van der Waals surface area (Å²) in [6, 6.07) is 17.0. The number of benzene rings is 1. The van der Waals surface area contributed by atoms with Gasteiger partial charge in [0, 0.05) is 14.6 Å². The van der Waals surface area contributed by atoms with E-state index in [1.807, 2.05) is 23.5 Å². The van der Waals surface area contributed by atoms with Crippen LogP contribution >= 0.6 is 22.7 Å². The van der Waals surface area contributed by atoms with Crippen LogP contribution in [0.4, 0.5) is 0 Å². The molecule has 1 aromatic carbocycles. The Kier molecular flexibility index (Phi) is 3.13. The van der Waals surface area contributed by atoms with Crippen molar-refractivity contribution < 1.29 is 0 Å². The second kappa shape index (κ2) is 4.92. The lowest BCUT2D eigenvalue weighted by atomic mass is 10.1. The number of thiophene rings is 2. The molecule has 0 saturated carbocycles. The molecule has 0 fully saturated rings. The van der Waals surface area contributed by atoms with Gasteiger partial charge in [0.05, 0.1) is 0 Å². The summed E-state index contributed by atoms with van der Waals surface area (Å²) < 4.78 is 0. The Labute approximate surface area is 115 Å². The Bertz CT molecular complexity index is 660. The summed E-state index contributed by atoms with van der Waals surface area (Å²) in [4.78, 5) is 3.97. The van der Waals surface area contributed by atoms with Crippen LogP contribution in [0.15, 0.2) is 60.5 Å². The quantitative estimate of drug-likeness (QED) is 0.564. The summed E-state index contributed by atoms with van der Waals surface area (Å²) in [5, 5.41) is 2.12. The van der Waals surface area contributed by atoms with Crippen molar-refractivity contribution in [3.63, 3.8) is 0 Å².